The van der Waals surface area contributed by atoms with Gasteiger partial charge in [0.05, 0.1) is 39.5 Å². The lowest BCUT2D eigenvalue weighted by molar-refractivity contribution is 0.0735. The first-order valence-electron chi connectivity index (χ1n) is 9.92. The zero-order chi connectivity index (χ0) is 22.4. The van der Waals surface area contributed by atoms with E-state index in [1.807, 2.05) is 6.20 Å². The number of halogens is 1. The fraction of sp³-hybridized carbons (Fsp3) is 0.381. The Morgan fingerprint density at radius 1 is 1.26 bits per heavy atom. The summed E-state index contributed by atoms with van der Waals surface area (Å²) in [6, 6.07) is 8.30. The first-order valence-corrected chi connectivity index (χ1v) is 12.1. The molecule has 3 heterocycles. The normalized spacial score (nSPS) is 17.0. The van der Waals surface area contributed by atoms with Crippen LogP contribution in [0.4, 0.5) is 5.69 Å². The summed E-state index contributed by atoms with van der Waals surface area (Å²) in [6.45, 7) is 3.20. The summed E-state index contributed by atoms with van der Waals surface area (Å²) in [5.41, 5.74) is 0.464. The molecule has 0 bridgehead atoms. The molecule has 31 heavy (non-hydrogen) atoms. The number of aromatic nitrogens is 3. The summed E-state index contributed by atoms with van der Waals surface area (Å²) in [5.74, 6) is -0.128. The molecule has 164 valence electrons. The van der Waals surface area contributed by atoms with Crippen molar-refractivity contribution in [3.8, 4) is 0 Å². The van der Waals surface area contributed by atoms with Gasteiger partial charge in [-0.15, -0.1) is 0 Å². The molecule has 4 rings (SSSR count). The van der Waals surface area contributed by atoms with Gasteiger partial charge in [0, 0.05) is 11.6 Å². The highest BCUT2D eigenvalue weighted by molar-refractivity contribution is 7.91. The molecule has 1 aliphatic rings. The quantitative estimate of drug-likeness (QED) is 0.614. The number of fused-ring (bicyclic) bond motifs is 1. The molecule has 10 heteroatoms. The molecule has 0 atom stereocenters. The highest BCUT2D eigenvalue weighted by atomic mass is 35.5. The number of nitrogens with zero attached hydrogens (tertiary/aromatic N) is 3. The second kappa shape index (κ2) is 7.89. The number of benzene rings is 1. The molecule has 1 amide bonds. The Morgan fingerprint density at radius 2 is 1.97 bits per heavy atom. The molecule has 1 fully saturated rings. The maximum atomic E-state index is 12.7. The Morgan fingerprint density at radius 3 is 2.65 bits per heavy atom. The number of amides is 1. The van der Waals surface area contributed by atoms with E-state index < -0.39 is 21.3 Å². The van der Waals surface area contributed by atoms with Crippen LogP contribution >= 0.6 is 11.6 Å². The zero-order valence-corrected chi connectivity index (χ0v) is 18.7. The molecule has 2 N–H and O–H groups in total. The van der Waals surface area contributed by atoms with E-state index in [0.29, 0.717) is 34.8 Å². The minimum Gasteiger partial charge on any atom is -0.384 e. The summed E-state index contributed by atoms with van der Waals surface area (Å²) in [5, 5.41) is 18.6. The Hall–Kier alpha value is -2.49. The van der Waals surface area contributed by atoms with Crippen LogP contribution in [0.25, 0.3) is 10.9 Å². The van der Waals surface area contributed by atoms with E-state index in [-0.39, 0.29) is 23.2 Å². The highest BCUT2D eigenvalue weighted by Gasteiger charge is 2.26. The third kappa shape index (κ3) is 4.73. The number of carbonyl (C=O) groups is 1. The van der Waals surface area contributed by atoms with E-state index in [1.165, 1.54) is 0 Å². The number of pyridine rings is 1. The fourth-order valence-corrected chi connectivity index (χ4v) is 5.25. The highest BCUT2D eigenvalue weighted by Crippen LogP contribution is 2.31. The molecular weight excluding hydrogens is 440 g/mol. The molecule has 1 saturated heterocycles. The lowest BCUT2D eigenvalue weighted by atomic mass is 10.0. The number of anilines is 1. The van der Waals surface area contributed by atoms with Crippen molar-refractivity contribution in [2.24, 2.45) is 0 Å². The largest absolute Gasteiger partial charge is 0.384 e. The van der Waals surface area contributed by atoms with E-state index in [4.69, 9.17) is 11.6 Å². The van der Waals surface area contributed by atoms with Crippen LogP contribution in [0.15, 0.2) is 36.5 Å². The van der Waals surface area contributed by atoms with Gasteiger partial charge in [0.25, 0.3) is 5.91 Å². The van der Waals surface area contributed by atoms with Gasteiger partial charge >= 0.3 is 0 Å². The molecule has 8 nitrogen and oxygen atoms in total. The van der Waals surface area contributed by atoms with Crippen molar-refractivity contribution in [3.05, 3.63) is 52.9 Å². The average molecular weight is 463 g/mol. The van der Waals surface area contributed by atoms with Gasteiger partial charge in [-0.2, -0.15) is 5.10 Å². The van der Waals surface area contributed by atoms with E-state index >= 15 is 0 Å². The molecule has 2 aromatic heterocycles. The van der Waals surface area contributed by atoms with Crippen LogP contribution < -0.4 is 5.32 Å². The second-order valence-corrected chi connectivity index (χ2v) is 11.0. The second-order valence-electron chi connectivity index (χ2n) is 8.30. The van der Waals surface area contributed by atoms with Crippen LogP contribution in [0.1, 0.15) is 48.9 Å². The van der Waals surface area contributed by atoms with Crippen molar-refractivity contribution in [1.82, 2.24) is 14.8 Å². The molecule has 0 aliphatic carbocycles. The maximum Gasteiger partial charge on any atom is 0.274 e. The lowest BCUT2D eigenvalue weighted by Gasteiger charge is -2.22. The van der Waals surface area contributed by atoms with Crippen molar-refractivity contribution in [1.29, 1.82) is 0 Å². The van der Waals surface area contributed by atoms with Gasteiger partial charge in [-0.1, -0.05) is 17.7 Å². The third-order valence-electron chi connectivity index (χ3n) is 5.37. The molecule has 0 unspecified atom stereocenters. The van der Waals surface area contributed by atoms with Gasteiger partial charge in [-0.3, -0.25) is 9.48 Å². The first-order chi connectivity index (χ1) is 14.5. The molecule has 1 aromatic carbocycles. The summed E-state index contributed by atoms with van der Waals surface area (Å²) >= 11 is 6.37. The number of sulfone groups is 1. The average Bonchev–Trinajstić information content (AvgIpc) is 3.10. The van der Waals surface area contributed by atoms with Crippen molar-refractivity contribution < 1.29 is 18.3 Å². The summed E-state index contributed by atoms with van der Waals surface area (Å²) in [6.07, 6.45) is 2.89. The minimum absolute atomic E-state index is 0.0153. The number of hydrogen-bond acceptors (Lipinski definition) is 6. The molecule has 3 aromatic rings. The van der Waals surface area contributed by atoms with Crippen LogP contribution in [-0.4, -0.2) is 45.7 Å². The van der Waals surface area contributed by atoms with Crippen molar-refractivity contribution in [3.63, 3.8) is 0 Å². The van der Waals surface area contributed by atoms with Gasteiger partial charge < -0.3 is 10.4 Å². The zero-order valence-electron chi connectivity index (χ0n) is 17.2. The first kappa shape index (κ1) is 21.7. The Balaban J connectivity index is 1.57. The lowest BCUT2D eigenvalue weighted by Crippen LogP contribution is -2.25. The topological polar surface area (TPSA) is 114 Å². The van der Waals surface area contributed by atoms with Crippen LogP contribution in [-0.2, 0) is 15.4 Å². The Kier molecular flexibility index (Phi) is 5.53. The number of aliphatic hydroxyl groups is 1. The van der Waals surface area contributed by atoms with Crippen molar-refractivity contribution in [2.75, 3.05) is 16.8 Å². The summed E-state index contributed by atoms with van der Waals surface area (Å²) < 4.78 is 25.1. The summed E-state index contributed by atoms with van der Waals surface area (Å²) in [4.78, 5) is 16.9. The molecule has 0 spiro atoms. The minimum atomic E-state index is -2.95. The maximum absolute atomic E-state index is 12.7. The standard InChI is InChI=1S/C21H23ClN4O4S/c1-21(2,28)19-5-3-4-16(23-19)20(27)24-18-10-13-12-26(25-17(13)11-15(18)22)14-6-8-31(29,30)9-7-14/h3-5,10-12,14,28H,6-9H2,1-2H3,(H,24,27). The SMILES string of the molecule is CC(C)(O)c1cccc(C(=O)Nc2cc3cn(C4CCS(=O)(=O)CC4)nc3cc2Cl)n1. The number of hydrogen-bond donors (Lipinski definition) is 2. The van der Waals surface area contributed by atoms with Gasteiger partial charge in [0.15, 0.2) is 0 Å². The molecule has 1 aliphatic heterocycles. The number of nitrogens with one attached hydrogen (secondary N) is 1. The summed E-state index contributed by atoms with van der Waals surface area (Å²) in [7, 11) is -2.95. The van der Waals surface area contributed by atoms with Gasteiger partial charge in [-0.25, -0.2) is 13.4 Å². The predicted octanol–water partition coefficient (Wildman–Crippen LogP) is 3.31. The molecular formula is C21H23ClN4O4S. The fourth-order valence-electron chi connectivity index (χ4n) is 3.58. The number of carbonyl (C=O) groups excluding carboxylic acids is 1. The predicted molar refractivity (Wildman–Crippen MR) is 119 cm³/mol. The van der Waals surface area contributed by atoms with Gasteiger partial charge in [0.2, 0.25) is 0 Å². The number of rotatable bonds is 4. The van der Waals surface area contributed by atoms with E-state index in [1.54, 1.807) is 48.9 Å². The van der Waals surface area contributed by atoms with Crippen LogP contribution in [0.5, 0.6) is 0 Å². The van der Waals surface area contributed by atoms with Gasteiger partial charge in [-0.05, 0) is 51.0 Å². The molecule has 0 saturated carbocycles. The van der Waals surface area contributed by atoms with Crippen LogP contribution in [0.2, 0.25) is 5.02 Å². The third-order valence-corrected chi connectivity index (χ3v) is 7.39. The van der Waals surface area contributed by atoms with E-state index in [9.17, 15) is 18.3 Å². The van der Waals surface area contributed by atoms with Gasteiger partial charge in [0.1, 0.15) is 21.1 Å². The van der Waals surface area contributed by atoms with Crippen LogP contribution in [0.3, 0.4) is 0 Å². The van der Waals surface area contributed by atoms with E-state index in [2.05, 4.69) is 15.4 Å². The Bertz CT molecular complexity index is 1250. The van der Waals surface area contributed by atoms with Crippen molar-refractivity contribution in [2.45, 2.75) is 38.3 Å². The van der Waals surface area contributed by atoms with Crippen LogP contribution in [0, 0.1) is 0 Å². The Labute approximate surface area is 185 Å². The van der Waals surface area contributed by atoms with Crippen molar-refractivity contribution >= 4 is 43.9 Å². The van der Waals surface area contributed by atoms with E-state index in [0.717, 1.165) is 5.39 Å². The monoisotopic (exact) mass is 462 g/mol. The molecule has 0 radical (unpaired) electrons. The smallest absolute Gasteiger partial charge is 0.274 e.